The van der Waals surface area contributed by atoms with Gasteiger partial charge in [-0.3, -0.25) is 9.59 Å². The molecule has 146 valence electrons. The topological polar surface area (TPSA) is 71.4 Å². The lowest BCUT2D eigenvalue weighted by atomic mass is 9.86. The third kappa shape index (κ3) is 3.51. The molecule has 0 bridgehead atoms. The van der Waals surface area contributed by atoms with Crippen LogP contribution in [-0.4, -0.2) is 23.1 Å². The molecule has 0 fully saturated rings. The number of benzene rings is 3. The van der Waals surface area contributed by atoms with Gasteiger partial charge in [-0.05, 0) is 64.3 Å². The van der Waals surface area contributed by atoms with Gasteiger partial charge >= 0.3 is 5.97 Å². The fourth-order valence-electron chi connectivity index (χ4n) is 3.68. The smallest absolute Gasteiger partial charge is 0.336 e. The minimum Gasteiger partial charge on any atom is -0.478 e. The summed E-state index contributed by atoms with van der Waals surface area (Å²) in [4.78, 5) is 35.2. The number of hydrogen-bond donors (Lipinski definition) is 1. The Morgan fingerprint density at radius 1 is 0.900 bits per heavy atom. The molecule has 3 aromatic carbocycles. The average Bonchev–Trinajstić information content (AvgIpc) is 2.75. The summed E-state index contributed by atoms with van der Waals surface area (Å²) in [6.07, 6.45) is 5.01. The Morgan fingerprint density at radius 3 is 2.33 bits per heavy atom. The molecule has 0 heterocycles. The largest absolute Gasteiger partial charge is 0.478 e. The van der Waals surface area contributed by atoms with Crippen molar-refractivity contribution >= 4 is 34.4 Å². The highest BCUT2D eigenvalue weighted by Crippen LogP contribution is 2.34. The fraction of sp³-hybridized carbons (Fsp3) is 0.0385. The number of aromatic carboxylic acids is 1. The van der Waals surface area contributed by atoms with E-state index in [1.807, 2.05) is 37.3 Å². The fourth-order valence-corrected chi connectivity index (χ4v) is 3.68. The normalized spacial score (nSPS) is 15.1. The zero-order valence-corrected chi connectivity index (χ0v) is 16.3. The lowest BCUT2D eigenvalue weighted by molar-refractivity contribution is -0.114. The monoisotopic (exact) mass is 394 g/mol. The Labute approximate surface area is 173 Å². The van der Waals surface area contributed by atoms with Crippen molar-refractivity contribution in [2.75, 3.05) is 0 Å². The number of fused-ring (bicyclic) bond motifs is 1. The van der Waals surface area contributed by atoms with Crippen LogP contribution < -0.4 is 0 Å². The molecule has 0 aromatic heterocycles. The van der Waals surface area contributed by atoms with E-state index in [1.54, 1.807) is 30.3 Å². The number of aryl methyl sites for hydroxylation is 1. The number of hydrogen-bond acceptors (Lipinski definition) is 3. The molecule has 0 radical (unpaired) electrons. The predicted octanol–water partition coefficient (Wildman–Crippen LogP) is 4.91. The van der Waals surface area contributed by atoms with Crippen LogP contribution in [0.2, 0.25) is 0 Å². The van der Waals surface area contributed by atoms with Crippen molar-refractivity contribution in [3.63, 3.8) is 0 Å². The van der Waals surface area contributed by atoms with E-state index in [-0.39, 0.29) is 16.9 Å². The number of allylic oxidation sites excluding steroid dienone is 5. The summed E-state index contributed by atoms with van der Waals surface area (Å²) in [5.41, 5.74) is 3.92. The van der Waals surface area contributed by atoms with E-state index in [9.17, 15) is 19.5 Å². The van der Waals surface area contributed by atoms with Crippen LogP contribution in [0.25, 0.3) is 16.3 Å². The van der Waals surface area contributed by atoms with Crippen LogP contribution >= 0.6 is 0 Å². The molecule has 1 aliphatic rings. The van der Waals surface area contributed by atoms with Gasteiger partial charge in [-0.2, -0.15) is 0 Å². The Balaban J connectivity index is 2.04. The van der Waals surface area contributed by atoms with Gasteiger partial charge in [-0.1, -0.05) is 60.2 Å². The van der Waals surface area contributed by atoms with Crippen molar-refractivity contribution in [3.05, 3.63) is 112 Å². The molecule has 0 saturated heterocycles. The van der Waals surface area contributed by atoms with Crippen molar-refractivity contribution in [3.8, 4) is 0 Å². The van der Waals surface area contributed by atoms with E-state index in [1.165, 1.54) is 12.2 Å². The predicted molar refractivity (Wildman–Crippen MR) is 116 cm³/mol. The molecule has 1 aliphatic carbocycles. The van der Waals surface area contributed by atoms with Gasteiger partial charge in [0.15, 0.2) is 12.1 Å². The molecule has 0 amide bonds. The van der Waals surface area contributed by atoms with E-state index >= 15 is 0 Å². The first-order valence-electron chi connectivity index (χ1n) is 9.45. The Hall–Kier alpha value is -4.05. The van der Waals surface area contributed by atoms with Gasteiger partial charge < -0.3 is 5.11 Å². The summed E-state index contributed by atoms with van der Waals surface area (Å²) in [5.74, 6) is -1.41. The molecule has 30 heavy (non-hydrogen) atoms. The molecular formula is C26H18O4. The second kappa shape index (κ2) is 7.76. The minimum atomic E-state index is -1.05. The number of carboxylic acid groups (broad SMARTS) is 1. The first-order chi connectivity index (χ1) is 14.5. The SMILES string of the molecule is Cc1ccc2cc(/C(=C3/C=CC(=O)C(C=O)=C3)c3ccccc3C(=O)O)ccc2c1. The summed E-state index contributed by atoms with van der Waals surface area (Å²) in [7, 11) is 0. The zero-order chi connectivity index (χ0) is 21.3. The van der Waals surface area contributed by atoms with E-state index in [4.69, 9.17) is 0 Å². The molecule has 4 nitrogen and oxygen atoms in total. The van der Waals surface area contributed by atoms with Crippen molar-refractivity contribution in [2.24, 2.45) is 0 Å². The van der Waals surface area contributed by atoms with Crippen LogP contribution in [0.3, 0.4) is 0 Å². The van der Waals surface area contributed by atoms with Crippen LogP contribution in [-0.2, 0) is 9.59 Å². The number of carbonyl (C=O) groups excluding carboxylic acids is 2. The number of carbonyl (C=O) groups is 3. The van der Waals surface area contributed by atoms with Crippen LogP contribution in [0.15, 0.2) is 90.0 Å². The van der Waals surface area contributed by atoms with Gasteiger partial charge in [0.1, 0.15) is 0 Å². The van der Waals surface area contributed by atoms with Crippen LogP contribution in [0, 0.1) is 6.92 Å². The third-order valence-corrected chi connectivity index (χ3v) is 5.14. The van der Waals surface area contributed by atoms with Crippen LogP contribution in [0.5, 0.6) is 0 Å². The van der Waals surface area contributed by atoms with Gasteiger partial charge in [-0.15, -0.1) is 0 Å². The summed E-state index contributed by atoms with van der Waals surface area (Å²) in [6, 6.07) is 18.8. The molecule has 1 N–H and O–H groups in total. The van der Waals surface area contributed by atoms with Gasteiger partial charge in [0, 0.05) is 0 Å². The number of ketones is 1. The maximum atomic E-state index is 11.9. The minimum absolute atomic E-state index is 0.0363. The van der Waals surface area contributed by atoms with E-state index in [0.717, 1.165) is 21.9 Å². The summed E-state index contributed by atoms with van der Waals surface area (Å²) < 4.78 is 0. The molecule has 0 spiro atoms. The van der Waals surface area contributed by atoms with E-state index in [2.05, 4.69) is 6.07 Å². The molecular weight excluding hydrogens is 376 g/mol. The summed E-state index contributed by atoms with van der Waals surface area (Å²) >= 11 is 0. The highest BCUT2D eigenvalue weighted by Gasteiger charge is 2.20. The molecule has 0 saturated carbocycles. The molecule has 0 aliphatic heterocycles. The van der Waals surface area contributed by atoms with E-state index in [0.29, 0.717) is 23.0 Å². The summed E-state index contributed by atoms with van der Waals surface area (Å²) in [5, 5.41) is 11.8. The summed E-state index contributed by atoms with van der Waals surface area (Å²) in [6.45, 7) is 2.03. The standard InChI is InChI=1S/C26H18O4/c1-16-6-7-18-13-19(9-8-17(18)12-16)25(20-10-11-24(28)21(14-20)15-27)22-4-2-3-5-23(22)26(29)30/h2-15H,1H3,(H,29,30)/b25-20+. The van der Waals surface area contributed by atoms with Crippen LogP contribution in [0.1, 0.15) is 27.0 Å². The number of aldehydes is 1. The molecule has 4 heteroatoms. The van der Waals surface area contributed by atoms with Gasteiger partial charge in [0.2, 0.25) is 0 Å². The Bertz CT molecular complexity index is 1310. The average molecular weight is 394 g/mol. The number of rotatable bonds is 4. The first-order valence-corrected chi connectivity index (χ1v) is 9.45. The van der Waals surface area contributed by atoms with Crippen molar-refractivity contribution in [1.82, 2.24) is 0 Å². The second-order valence-electron chi connectivity index (χ2n) is 7.16. The highest BCUT2D eigenvalue weighted by atomic mass is 16.4. The lowest BCUT2D eigenvalue weighted by Crippen LogP contribution is -2.08. The quantitative estimate of drug-likeness (QED) is 0.504. The maximum Gasteiger partial charge on any atom is 0.336 e. The maximum absolute atomic E-state index is 11.9. The molecule has 4 rings (SSSR count). The first kappa shape index (κ1) is 19.3. The van der Waals surface area contributed by atoms with Gasteiger partial charge in [0.25, 0.3) is 0 Å². The molecule has 0 atom stereocenters. The van der Waals surface area contributed by atoms with Crippen molar-refractivity contribution < 1.29 is 19.5 Å². The molecule has 0 unspecified atom stereocenters. The van der Waals surface area contributed by atoms with Crippen molar-refractivity contribution in [2.45, 2.75) is 6.92 Å². The third-order valence-electron chi connectivity index (χ3n) is 5.14. The zero-order valence-electron chi connectivity index (χ0n) is 16.3. The van der Waals surface area contributed by atoms with E-state index < -0.39 is 5.97 Å². The Morgan fingerprint density at radius 2 is 1.60 bits per heavy atom. The lowest BCUT2D eigenvalue weighted by Gasteiger charge is -2.17. The highest BCUT2D eigenvalue weighted by molar-refractivity contribution is 6.19. The van der Waals surface area contributed by atoms with Gasteiger partial charge in [0.05, 0.1) is 11.1 Å². The Kier molecular flexibility index (Phi) is 4.98. The van der Waals surface area contributed by atoms with Gasteiger partial charge in [-0.25, -0.2) is 4.79 Å². The van der Waals surface area contributed by atoms with Crippen molar-refractivity contribution in [1.29, 1.82) is 0 Å². The number of carboxylic acids is 1. The van der Waals surface area contributed by atoms with Crippen LogP contribution in [0.4, 0.5) is 0 Å². The molecule has 3 aromatic rings. The second-order valence-corrected chi connectivity index (χ2v) is 7.16.